The van der Waals surface area contributed by atoms with E-state index in [0.29, 0.717) is 11.4 Å². The van der Waals surface area contributed by atoms with Crippen molar-refractivity contribution in [3.63, 3.8) is 0 Å². The number of nitrogens with zero attached hydrogens (tertiary/aromatic N) is 2. The Labute approximate surface area is 150 Å². The van der Waals surface area contributed by atoms with Gasteiger partial charge in [-0.25, -0.2) is 4.68 Å². The molecule has 0 aliphatic heterocycles. The molecule has 9 heteroatoms. The zero-order valence-corrected chi connectivity index (χ0v) is 14.6. The van der Waals surface area contributed by atoms with Gasteiger partial charge >= 0.3 is 0 Å². The Hall–Kier alpha value is -3.11. The van der Waals surface area contributed by atoms with Crippen molar-refractivity contribution in [3.05, 3.63) is 76.7 Å². The maximum atomic E-state index is 11.8. The zero-order valence-electron chi connectivity index (χ0n) is 14.6. The Morgan fingerprint density at radius 3 is 1.58 bits per heavy atom. The molecule has 11 N–H and O–H groups in total. The molecule has 0 bridgehead atoms. The Balaban J connectivity index is -0.000000419. The lowest BCUT2D eigenvalue weighted by Gasteiger charge is -2.07. The molecule has 3 aromatic rings. The fourth-order valence-corrected chi connectivity index (χ4v) is 2.02. The predicted octanol–water partition coefficient (Wildman–Crippen LogP) is -0.840. The van der Waals surface area contributed by atoms with Gasteiger partial charge in [-0.2, -0.15) is 0 Å². The van der Waals surface area contributed by atoms with E-state index in [9.17, 15) is 4.79 Å². The van der Waals surface area contributed by atoms with Crippen LogP contribution in [0.15, 0.2) is 65.5 Å². The third-order valence-electron chi connectivity index (χ3n) is 3.35. The van der Waals surface area contributed by atoms with Gasteiger partial charge in [0, 0.05) is 7.05 Å². The minimum absolute atomic E-state index is 0. The maximum Gasteiger partial charge on any atom is 0.294 e. The standard InChI is InChI=1S/C11H13N3O.C6H6O.4H2O/c1-8-10(12)11(15)14(13(8)2)9-6-4-3-5-7-9;7-6-4-2-1-3-5-6;;;;/h3-7H,12H2,1-2H3;1-5,7H;4*1H2. The summed E-state index contributed by atoms with van der Waals surface area (Å²) in [6.07, 6.45) is 0. The van der Waals surface area contributed by atoms with Gasteiger partial charge in [0.15, 0.2) is 0 Å². The van der Waals surface area contributed by atoms with E-state index in [0.717, 1.165) is 11.4 Å². The van der Waals surface area contributed by atoms with E-state index in [2.05, 4.69) is 0 Å². The molecule has 146 valence electrons. The minimum atomic E-state index is -0.166. The molecule has 0 aliphatic carbocycles. The number of para-hydroxylation sites is 2. The van der Waals surface area contributed by atoms with Gasteiger partial charge < -0.3 is 32.7 Å². The molecule has 0 saturated carbocycles. The number of phenols is 1. The lowest BCUT2D eigenvalue weighted by Crippen LogP contribution is -2.20. The van der Waals surface area contributed by atoms with Crippen LogP contribution in [0.4, 0.5) is 5.69 Å². The summed E-state index contributed by atoms with van der Waals surface area (Å²) < 4.78 is 3.32. The van der Waals surface area contributed by atoms with E-state index in [1.165, 1.54) is 0 Å². The lowest BCUT2D eigenvalue weighted by molar-refractivity contribution is 0.475. The lowest BCUT2D eigenvalue weighted by atomic mass is 10.3. The smallest absolute Gasteiger partial charge is 0.294 e. The summed E-state index contributed by atoms with van der Waals surface area (Å²) in [5.41, 5.74) is 7.43. The van der Waals surface area contributed by atoms with Crippen molar-refractivity contribution in [2.75, 3.05) is 5.73 Å². The molecule has 2 aromatic carbocycles. The van der Waals surface area contributed by atoms with Gasteiger partial charge in [0.1, 0.15) is 11.4 Å². The first-order chi connectivity index (χ1) is 10.5. The van der Waals surface area contributed by atoms with Crippen LogP contribution in [-0.4, -0.2) is 36.4 Å². The van der Waals surface area contributed by atoms with Crippen molar-refractivity contribution in [2.45, 2.75) is 6.92 Å². The molecule has 1 aromatic heterocycles. The van der Waals surface area contributed by atoms with Crippen LogP contribution in [0.25, 0.3) is 5.69 Å². The maximum absolute atomic E-state index is 11.8. The molecule has 0 atom stereocenters. The van der Waals surface area contributed by atoms with Crippen LogP contribution in [0.5, 0.6) is 5.75 Å². The van der Waals surface area contributed by atoms with Crippen molar-refractivity contribution in [3.8, 4) is 11.4 Å². The summed E-state index contributed by atoms with van der Waals surface area (Å²) >= 11 is 0. The summed E-state index contributed by atoms with van der Waals surface area (Å²) in [4.78, 5) is 11.8. The van der Waals surface area contributed by atoms with Gasteiger partial charge in [-0.3, -0.25) is 9.48 Å². The first kappa shape index (κ1) is 27.7. The predicted molar refractivity (Wildman–Crippen MR) is 103 cm³/mol. The van der Waals surface area contributed by atoms with Gasteiger partial charge in [-0.05, 0) is 31.2 Å². The molecule has 0 spiro atoms. The van der Waals surface area contributed by atoms with Crippen LogP contribution in [0, 0.1) is 6.92 Å². The summed E-state index contributed by atoms with van der Waals surface area (Å²) in [6, 6.07) is 18.2. The van der Waals surface area contributed by atoms with Crippen LogP contribution in [0.2, 0.25) is 0 Å². The highest BCUT2D eigenvalue weighted by atomic mass is 16.3. The highest BCUT2D eigenvalue weighted by Crippen LogP contribution is 2.10. The van der Waals surface area contributed by atoms with Gasteiger partial charge in [0.2, 0.25) is 0 Å². The summed E-state index contributed by atoms with van der Waals surface area (Å²) in [6.45, 7) is 1.83. The second-order valence-corrected chi connectivity index (χ2v) is 4.81. The van der Waals surface area contributed by atoms with Crippen molar-refractivity contribution in [1.29, 1.82) is 0 Å². The average molecular weight is 369 g/mol. The van der Waals surface area contributed by atoms with Gasteiger partial charge in [0.05, 0.1) is 11.4 Å². The molecular formula is C17H27N3O6. The monoisotopic (exact) mass is 369 g/mol. The molecule has 9 nitrogen and oxygen atoms in total. The van der Waals surface area contributed by atoms with Crippen LogP contribution in [0.3, 0.4) is 0 Å². The van der Waals surface area contributed by atoms with Gasteiger partial charge in [0.25, 0.3) is 5.56 Å². The first-order valence-electron chi connectivity index (χ1n) is 6.86. The van der Waals surface area contributed by atoms with E-state index in [1.54, 1.807) is 33.6 Å². The number of nitrogen functional groups attached to an aromatic ring is 1. The third kappa shape index (κ3) is 6.07. The molecule has 1 heterocycles. The van der Waals surface area contributed by atoms with Crippen LogP contribution >= 0.6 is 0 Å². The number of aromatic nitrogens is 2. The van der Waals surface area contributed by atoms with Crippen molar-refractivity contribution in [1.82, 2.24) is 9.36 Å². The Bertz CT molecular complexity index is 801. The Kier molecular flexibility index (Phi) is 13.1. The van der Waals surface area contributed by atoms with E-state index in [-0.39, 0.29) is 27.5 Å². The molecule has 0 fully saturated rings. The van der Waals surface area contributed by atoms with Crippen LogP contribution < -0.4 is 11.3 Å². The molecule has 0 amide bonds. The quantitative estimate of drug-likeness (QED) is 0.564. The normalized spacial score (nSPS) is 8.38. The summed E-state index contributed by atoms with van der Waals surface area (Å²) in [5.74, 6) is 0.322. The van der Waals surface area contributed by atoms with E-state index >= 15 is 0 Å². The Morgan fingerprint density at radius 1 is 0.846 bits per heavy atom. The summed E-state index contributed by atoms with van der Waals surface area (Å²) in [5, 5.41) is 8.63. The average Bonchev–Trinajstić information content (AvgIpc) is 2.73. The number of nitrogens with two attached hydrogens (primary N) is 1. The SMILES string of the molecule is Cc1c(N)c(=O)n(-c2ccccc2)n1C.O.O.O.O.Oc1ccccc1. The first-order valence-corrected chi connectivity index (χ1v) is 6.86. The van der Waals surface area contributed by atoms with E-state index in [4.69, 9.17) is 10.8 Å². The molecule has 3 rings (SSSR count). The number of rotatable bonds is 1. The zero-order chi connectivity index (χ0) is 16.1. The molecule has 0 aliphatic rings. The Morgan fingerprint density at radius 2 is 1.27 bits per heavy atom. The van der Waals surface area contributed by atoms with Crippen LogP contribution in [0.1, 0.15) is 5.69 Å². The fourth-order valence-electron chi connectivity index (χ4n) is 2.02. The second kappa shape index (κ2) is 12.3. The minimum Gasteiger partial charge on any atom is -0.508 e. The second-order valence-electron chi connectivity index (χ2n) is 4.81. The number of anilines is 1. The van der Waals surface area contributed by atoms with E-state index < -0.39 is 0 Å². The largest absolute Gasteiger partial charge is 0.508 e. The highest BCUT2D eigenvalue weighted by Gasteiger charge is 2.12. The molecule has 0 saturated heterocycles. The van der Waals surface area contributed by atoms with Crippen LogP contribution in [-0.2, 0) is 7.05 Å². The van der Waals surface area contributed by atoms with Crippen molar-refractivity contribution in [2.24, 2.45) is 7.05 Å². The highest BCUT2D eigenvalue weighted by molar-refractivity contribution is 5.44. The molecular weight excluding hydrogens is 342 g/mol. The molecule has 0 unspecified atom stereocenters. The third-order valence-corrected chi connectivity index (χ3v) is 3.35. The number of aromatic hydroxyl groups is 1. The number of phenolic OH excluding ortho intramolecular Hbond substituents is 1. The van der Waals surface area contributed by atoms with Gasteiger partial charge in [-0.1, -0.05) is 36.4 Å². The van der Waals surface area contributed by atoms with Crippen molar-refractivity contribution < 1.29 is 27.0 Å². The van der Waals surface area contributed by atoms with Gasteiger partial charge in [-0.15, -0.1) is 0 Å². The van der Waals surface area contributed by atoms with E-state index in [1.807, 2.05) is 50.4 Å². The number of hydrogen-bond donors (Lipinski definition) is 2. The summed E-state index contributed by atoms with van der Waals surface area (Å²) in [7, 11) is 1.82. The topological polar surface area (TPSA) is 199 Å². The molecule has 26 heavy (non-hydrogen) atoms. The fraction of sp³-hybridized carbons (Fsp3) is 0.118. The number of hydrogen-bond acceptors (Lipinski definition) is 3. The number of benzene rings is 2. The van der Waals surface area contributed by atoms with Crippen molar-refractivity contribution >= 4 is 5.69 Å². The molecule has 0 radical (unpaired) electrons.